The van der Waals surface area contributed by atoms with Crippen molar-refractivity contribution in [3.8, 4) is 5.75 Å². The molecule has 0 aromatic heterocycles. The largest absolute Gasteiger partial charge is 0.497 e. The maximum absolute atomic E-state index is 13.0. The zero-order valence-electron chi connectivity index (χ0n) is 14.3. The van der Waals surface area contributed by atoms with E-state index in [0.29, 0.717) is 13.1 Å². The molecule has 0 atom stereocenters. The number of halogens is 1. The first-order valence-corrected chi connectivity index (χ1v) is 8.52. The lowest BCUT2D eigenvalue weighted by molar-refractivity contribution is 0.240. The van der Waals surface area contributed by atoms with E-state index >= 15 is 0 Å². The van der Waals surface area contributed by atoms with E-state index < -0.39 is 0 Å². The van der Waals surface area contributed by atoms with Gasteiger partial charge in [0.15, 0.2) is 0 Å². The monoisotopic (exact) mass is 342 g/mol. The third kappa shape index (κ3) is 4.50. The van der Waals surface area contributed by atoms with E-state index in [4.69, 9.17) is 4.74 Å². The van der Waals surface area contributed by atoms with Crippen LogP contribution in [0, 0.1) is 5.82 Å². The van der Waals surface area contributed by atoms with Gasteiger partial charge in [0, 0.05) is 18.5 Å². The molecule has 2 aromatic rings. The van der Waals surface area contributed by atoms with Crippen molar-refractivity contribution >= 4 is 6.03 Å². The van der Waals surface area contributed by atoms with E-state index in [0.717, 1.165) is 36.1 Å². The first-order valence-electron chi connectivity index (χ1n) is 8.52. The second-order valence-corrected chi connectivity index (χ2v) is 6.50. The van der Waals surface area contributed by atoms with Crippen LogP contribution in [0.1, 0.15) is 24.0 Å². The van der Waals surface area contributed by atoms with E-state index in [2.05, 4.69) is 10.6 Å². The third-order valence-corrected chi connectivity index (χ3v) is 4.73. The van der Waals surface area contributed by atoms with E-state index in [1.54, 1.807) is 7.11 Å². The number of hydrogen-bond acceptors (Lipinski definition) is 2. The molecule has 0 unspecified atom stereocenters. The molecule has 2 N–H and O–H groups in total. The number of urea groups is 1. The highest BCUT2D eigenvalue weighted by Crippen LogP contribution is 2.47. The summed E-state index contributed by atoms with van der Waals surface area (Å²) < 4.78 is 18.2. The van der Waals surface area contributed by atoms with Crippen LogP contribution in [0.3, 0.4) is 0 Å². The number of rotatable bonds is 7. The summed E-state index contributed by atoms with van der Waals surface area (Å²) in [5, 5.41) is 5.82. The summed E-state index contributed by atoms with van der Waals surface area (Å²) in [6.07, 6.45) is 2.78. The topological polar surface area (TPSA) is 50.4 Å². The summed E-state index contributed by atoms with van der Waals surface area (Å²) in [5.74, 6) is 0.583. The number of benzene rings is 2. The molecule has 2 aromatic carbocycles. The highest BCUT2D eigenvalue weighted by atomic mass is 19.1. The second-order valence-electron chi connectivity index (χ2n) is 6.50. The van der Waals surface area contributed by atoms with E-state index in [1.807, 2.05) is 36.4 Å². The van der Waals surface area contributed by atoms with Gasteiger partial charge < -0.3 is 15.4 Å². The Labute approximate surface area is 147 Å². The highest BCUT2D eigenvalue weighted by molar-refractivity contribution is 5.74. The Morgan fingerprint density at radius 1 is 1.16 bits per heavy atom. The van der Waals surface area contributed by atoms with Gasteiger partial charge in [-0.05, 0) is 54.7 Å². The van der Waals surface area contributed by atoms with Crippen molar-refractivity contribution in [2.75, 3.05) is 20.2 Å². The number of carbonyl (C=O) groups excluding carboxylic acids is 1. The smallest absolute Gasteiger partial charge is 0.314 e. The van der Waals surface area contributed by atoms with Crippen LogP contribution >= 0.6 is 0 Å². The molecule has 1 aliphatic rings. The predicted molar refractivity (Wildman–Crippen MR) is 95.4 cm³/mol. The van der Waals surface area contributed by atoms with Crippen LogP contribution < -0.4 is 15.4 Å². The molecule has 1 fully saturated rings. The first-order chi connectivity index (χ1) is 12.1. The number of hydrogen-bond donors (Lipinski definition) is 2. The molecular weight excluding hydrogens is 319 g/mol. The zero-order valence-corrected chi connectivity index (χ0v) is 14.3. The molecule has 0 aliphatic heterocycles. The summed E-state index contributed by atoms with van der Waals surface area (Å²) in [7, 11) is 1.64. The van der Waals surface area contributed by atoms with Crippen molar-refractivity contribution in [2.45, 2.75) is 24.7 Å². The predicted octanol–water partition coefficient (Wildman–Crippen LogP) is 3.41. The summed E-state index contributed by atoms with van der Waals surface area (Å²) in [5.41, 5.74) is 2.17. The van der Waals surface area contributed by atoms with Gasteiger partial charge in [0.25, 0.3) is 0 Å². The van der Waals surface area contributed by atoms with Crippen LogP contribution in [-0.4, -0.2) is 26.2 Å². The Balaban J connectivity index is 1.43. The van der Waals surface area contributed by atoms with Gasteiger partial charge in [0.05, 0.1) is 7.11 Å². The Morgan fingerprint density at radius 3 is 2.60 bits per heavy atom. The SMILES string of the molecule is COc1cccc(CCNC(=O)NCC2(c3ccc(F)cc3)CC2)c1. The average Bonchev–Trinajstić information content (AvgIpc) is 3.42. The van der Waals surface area contributed by atoms with Gasteiger partial charge in [-0.25, -0.2) is 9.18 Å². The molecular formula is C20H23FN2O2. The Bertz CT molecular complexity index is 727. The fraction of sp³-hybridized carbons (Fsp3) is 0.350. The fourth-order valence-corrected chi connectivity index (χ4v) is 2.98. The molecule has 0 spiro atoms. The Kier molecular flexibility index (Phi) is 5.22. The normalized spacial score (nSPS) is 14.6. The van der Waals surface area contributed by atoms with Crippen LogP contribution in [0.4, 0.5) is 9.18 Å². The minimum Gasteiger partial charge on any atom is -0.497 e. The summed E-state index contributed by atoms with van der Waals surface area (Å²) in [6.45, 7) is 1.13. The minimum atomic E-state index is -0.234. The van der Waals surface area contributed by atoms with Crippen molar-refractivity contribution < 1.29 is 13.9 Å². The molecule has 1 saturated carbocycles. The van der Waals surface area contributed by atoms with Crippen LogP contribution in [-0.2, 0) is 11.8 Å². The lowest BCUT2D eigenvalue weighted by atomic mass is 9.96. The van der Waals surface area contributed by atoms with Gasteiger partial charge in [0.2, 0.25) is 0 Å². The van der Waals surface area contributed by atoms with Gasteiger partial charge in [-0.15, -0.1) is 0 Å². The quantitative estimate of drug-likeness (QED) is 0.810. The third-order valence-electron chi connectivity index (χ3n) is 4.73. The van der Waals surface area contributed by atoms with Crippen LogP contribution in [0.5, 0.6) is 5.75 Å². The summed E-state index contributed by atoms with van der Waals surface area (Å²) in [6, 6.07) is 14.2. The van der Waals surface area contributed by atoms with Crippen LogP contribution in [0.25, 0.3) is 0 Å². The zero-order chi connectivity index (χ0) is 17.7. The molecule has 132 valence electrons. The fourth-order valence-electron chi connectivity index (χ4n) is 2.98. The van der Waals surface area contributed by atoms with Crippen molar-refractivity contribution in [3.63, 3.8) is 0 Å². The number of methoxy groups -OCH3 is 1. The number of carbonyl (C=O) groups is 1. The number of ether oxygens (including phenoxy) is 1. The van der Waals surface area contributed by atoms with E-state index in [-0.39, 0.29) is 17.3 Å². The molecule has 0 radical (unpaired) electrons. The molecule has 25 heavy (non-hydrogen) atoms. The number of amides is 2. The average molecular weight is 342 g/mol. The molecule has 0 bridgehead atoms. The highest BCUT2D eigenvalue weighted by Gasteiger charge is 2.44. The molecule has 4 nitrogen and oxygen atoms in total. The lowest BCUT2D eigenvalue weighted by Gasteiger charge is -2.17. The van der Waals surface area contributed by atoms with Crippen molar-refractivity contribution in [1.29, 1.82) is 0 Å². The molecule has 0 heterocycles. The molecule has 2 amide bonds. The van der Waals surface area contributed by atoms with Gasteiger partial charge in [-0.2, -0.15) is 0 Å². The lowest BCUT2D eigenvalue weighted by Crippen LogP contribution is -2.40. The maximum atomic E-state index is 13.0. The van der Waals surface area contributed by atoms with Gasteiger partial charge in [-0.3, -0.25) is 0 Å². The molecule has 0 saturated heterocycles. The minimum absolute atomic E-state index is 0.0299. The Hall–Kier alpha value is -2.56. The van der Waals surface area contributed by atoms with E-state index in [1.165, 1.54) is 12.1 Å². The van der Waals surface area contributed by atoms with Crippen molar-refractivity contribution in [3.05, 3.63) is 65.5 Å². The second kappa shape index (κ2) is 7.55. The number of nitrogens with one attached hydrogen (secondary N) is 2. The Morgan fingerprint density at radius 2 is 1.92 bits per heavy atom. The van der Waals surface area contributed by atoms with Crippen molar-refractivity contribution in [1.82, 2.24) is 10.6 Å². The summed E-state index contributed by atoms with van der Waals surface area (Å²) >= 11 is 0. The van der Waals surface area contributed by atoms with E-state index in [9.17, 15) is 9.18 Å². The summed E-state index contributed by atoms with van der Waals surface area (Å²) in [4.78, 5) is 12.0. The standard InChI is InChI=1S/C20H23FN2O2/c1-25-18-4-2-3-15(13-18)9-12-22-19(24)23-14-20(10-11-20)16-5-7-17(21)8-6-16/h2-8,13H,9-12,14H2,1H3,(H2,22,23,24). The maximum Gasteiger partial charge on any atom is 0.314 e. The van der Waals surface area contributed by atoms with Crippen LogP contribution in [0.2, 0.25) is 0 Å². The van der Waals surface area contributed by atoms with Gasteiger partial charge in [0.1, 0.15) is 11.6 Å². The first kappa shape index (κ1) is 17.3. The van der Waals surface area contributed by atoms with Gasteiger partial charge >= 0.3 is 6.03 Å². The molecule has 5 heteroatoms. The van der Waals surface area contributed by atoms with Crippen LogP contribution in [0.15, 0.2) is 48.5 Å². The molecule has 3 rings (SSSR count). The van der Waals surface area contributed by atoms with Crippen molar-refractivity contribution in [2.24, 2.45) is 0 Å². The molecule has 1 aliphatic carbocycles. The van der Waals surface area contributed by atoms with Gasteiger partial charge in [-0.1, -0.05) is 24.3 Å².